The van der Waals surface area contributed by atoms with Crippen LogP contribution in [0.4, 0.5) is 0 Å². The molecule has 0 aromatic heterocycles. The monoisotopic (exact) mass is 251 g/mol. The largest absolute Gasteiger partial charge is 0.497 e. The van der Waals surface area contributed by atoms with Crippen LogP contribution in [-0.2, 0) is 4.74 Å². The topological polar surface area (TPSA) is 59.8 Å². The molecule has 0 aliphatic carbocycles. The van der Waals surface area contributed by atoms with Crippen molar-refractivity contribution in [3.63, 3.8) is 0 Å². The normalized spacial score (nSPS) is 22.7. The third-order valence-corrected chi connectivity index (χ3v) is 3.30. The molecule has 1 aromatic rings. The van der Waals surface area contributed by atoms with Crippen LogP contribution in [0, 0.1) is 0 Å². The van der Waals surface area contributed by atoms with Gasteiger partial charge in [0.25, 0.3) is 0 Å². The Labute approximate surface area is 108 Å². The summed E-state index contributed by atoms with van der Waals surface area (Å²) in [6.45, 7) is 2.57. The summed E-state index contributed by atoms with van der Waals surface area (Å²) < 4.78 is 11.0. The van der Waals surface area contributed by atoms with E-state index in [1.807, 2.05) is 24.3 Å². The lowest BCUT2D eigenvalue weighted by molar-refractivity contribution is -0.0393. The fraction of sp³-hybridized carbons (Fsp3) is 0.538. The average Bonchev–Trinajstić information content (AvgIpc) is 2.40. The van der Waals surface area contributed by atoms with E-state index >= 15 is 0 Å². The molecule has 1 fully saturated rings. The molecule has 5 nitrogen and oxygen atoms in total. The summed E-state index contributed by atoms with van der Waals surface area (Å²) in [5.74, 6) is 6.51. The van der Waals surface area contributed by atoms with Crippen LogP contribution in [0.25, 0.3) is 0 Å². The van der Waals surface area contributed by atoms with Crippen LogP contribution in [0.2, 0.25) is 0 Å². The highest BCUT2D eigenvalue weighted by molar-refractivity contribution is 5.31. The highest BCUT2D eigenvalue weighted by Gasteiger charge is 2.27. The van der Waals surface area contributed by atoms with Gasteiger partial charge in [0.15, 0.2) is 0 Å². The summed E-state index contributed by atoms with van der Waals surface area (Å²) >= 11 is 0. The molecule has 3 N–H and O–H groups in total. The van der Waals surface area contributed by atoms with Gasteiger partial charge in [-0.3, -0.25) is 11.3 Å². The standard InChI is InChI=1S/C13H21N3O2/c1-16-6-7-18-12(9-16)13(15-14)10-4-3-5-11(8-10)17-2/h3-5,8,12-13,15H,6-7,9,14H2,1-2H3. The van der Waals surface area contributed by atoms with E-state index in [-0.39, 0.29) is 12.1 Å². The molecule has 1 aromatic carbocycles. The van der Waals surface area contributed by atoms with Crippen molar-refractivity contribution >= 4 is 0 Å². The summed E-state index contributed by atoms with van der Waals surface area (Å²) in [6, 6.07) is 7.88. The van der Waals surface area contributed by atoms with E-state index in [4.69, 9.17) is 15.3 Å². The van der Waals surface area contributed by atoms with Crippen LogP contribution >= 0.6 is 0 Å². The number of hydrazine groups is 1. The molecule has 5 heteroatoms. The minimum absolute atomic E-state index is 0.0251. The van der Waals surface area contributed by atoms with Crippen molar-refractivity contribution in [3.8, 4) is 5.75 Å². The summed E-state index contributed by atoms with van der Waals surface area (Å²) in [5.41, 5.74) is 3.93. The molecule has 1 saturated heterocycles. The molecule has 0 amide bonds. The summed E-state index contributed by atoms with van der Waals surface area (Å²) in [4.78, 5) is 2.25. The maximum Gasteiger partial charge on any atom is 0.119 e. The fourth-order valence-corrected chi connectivity index (χ4v) is 2.27. The van der Waals surface area contributed by atoms with E-state index in [1.54, 1.807) is 7.11 Å². The minimum Gasteiger partial charge on any atom is -0.497 e. The maximum atomic E-state index is 5.80. The molecule has 100 valence electrons. The van der Waals surface area contributed by atoms with Crippen LogP contribution in [0.3, 0.4) is 0 Å². The van der Waals surface area contributed by atoms with Crippen molar-refractivity contribution in [3.05, 3.63) is 29.8 Å². The number of nitrogens with one attached hydrogen (secondary N) is 1. The van der Waals surface area contributed by atoms with E-state index in [0.29, 0.717) is 0 Å². The van der Waals surface area contributed by atoms with Crippen LogP contribution in [0.5, 0.6) is 5.75 Å². The van der Waals surface area contributed by atoms with Crippen LogP contribution < -0.4 is 16.0 Å². The summed E-state index contributed by atoms with van der Waals surface area (Å²) in [5, 5.41) is 0. The van der Waals surface area contributed by atoms with Crippen LogP contribution in [-0.4, -0.2) is 44.9 Å². The number of rotatable bonds is 4. The molecule has 0 bridgehead atoms. The van der Waals surface area contributed by atoms with Gasteiger partial charge in [0.1, 0.15) is 5.75 Å². The lowest BCUT2D eigenvalue weighted by Gasteiger charge is -2.35. The summed E-state index contributed by atoms with van der Waals surface area (Å²) in [6.07, 6.45) is 0.0563. The fourth-order valence-electron chi connectivity index (χ4n) is 2.27. The number of morpholine rings is 1. The Balaban J connectivity index is 2.16. The zero-order chi connectivity index (χ0) is 13.0. The Morgan fingerprint density at radius 1 is 1.56 bits per heavy atom. The molecule has 0 radical (unpaired) electrons. The molecular weight excluding hydrogens is 230 g/mol. The van der Waals surface area contributed by atoms with Gasteiger partial charge in [0.2, 0.25) is 0 Å². The Kier molecular flexibility index (Phi) is 4.54. The first-order valence-electron chi connectivity index (χ1n) is 6.15. The number of benzene rings is 1. The van der Waals surface area contributed by atoms with Crippen molar-refractivity contribution in [2.75, 3.05) is 33.9 Å². The first kappa shape index (κ1) is 13.3. The van der Waals surface area contributed by atoms with E-state index in [2.05, 4.69) is 17.4 Å². The average molecular weight is 251 g/mol. The Hall–Kier alpha value is -1.14. The number of hydrogen-bond acceptors (Lipinski definition) is 5. The van der Waals surface area contributed by atoms with Gasteiger partial charge in [0.05, 0.1) is 25.9 Å². The SMILES string of the molecule is COc1cccc(C(NN)C2CN(C)CCO2)c1. The Morgan fingerprint density at radius 3 is 3.06 bits per heavy atom. The summed E-state index contributed by atoms with van der Waals surface area (Å²) in [7, 11) is 3.75. The van der Waals surface area contributed by atoms with Crippen molar-refractivity contribution < 1.29 is 9.47 Å². The van der Waals surface area contributed by atoms with Gasteiger partial charge in [-0.25, -0.2) is 0 Å². The molecule has 2 atom stereocenters. The zero-order valence-electron chi connectivity index (χ0n) is 10.9. The quantitative estimate of drug-likeness (QED) is 0.604. The first-order chi connectivity index (χ1) is 8.74. The van der Waals surface area contributed by atoms with E-state index in [1.165, 1.54) is 0 Å². The molecular formula is C13H21N3O2. The second kappa shape index (κ2) is 6.15. The van der Waals surface area contributed by atoms with Crippen molar-refractivity contribution in [2.45, 2.75) is 12.1 Å². The Morgan fingerprint density at radius 2 is 2.39 bits per heavy atom. The third-order valence-electron chi connectivity index (χ3n) is 3.30. The van der Waals surface area contributed by atoms with Gasteiger partial charge in [-0.1, -0.05) is 12.1 Å². The first-order valence-corrected chi connectivity index (χ1v) is 6.15. The minimum atomic E-state index is -0.0251. The van der Waals surface area contributed by atoms with Gasteiger partial charge in [-0.15, -0.1) is 0 Å². The van der Waals surface area contributed by atoms with Crippen LogP contribution in [0.15, 0.2) is 24.3 Å². The van der Waals surface area contributed by atoms with E-state index in [0.717, 1.165) is 31.0 Å². The zero-order valence-corrected chi connectivity index (χ0v) is 10.9. The molecule has 2 rings (SSSR count). The number of ether oxygens (including phenoxy) is 2. The molecule has 2 unspecified atom stereocenters. The highest BCUT2D eigenvalue weighted by Crippen LogP contribution is 2.24. The highest BCUT2D eigenvalue weighted by atomic mass is 16.5. The second-order valence-electron chi connectivity index (χ2n) is 4.59. The number of nitrogens with two attached hydrogens (primary N) is 1. The molecule has 0 spiro atoms. The van der Waals surface area contributed by atoms with Crippen molar-refractivity contribution in [2.24, 2.45) is 5.84 Å². The predicted molar refractivity (Wildman–Crippen MR) is 70.3 cm³/mol. The number of hydrogen-bond donors (Lipinski definition) is 2. The van der Waals surface area contributed by atoms with Gasteiger partial charge in [-0.2, -0.15) is 0 Å². The lowest BCUT2D eigenvalue weighted by Crippen LogP contribution is -2.48. The maximum absolute atomic E-state index is 5.80. The molecule has 1 aliphatic heterocycles. The number of methoxy groups -OCH3 is 1. The molecule has 1 heterocycles. The molecule has 18 heavy (non-hydrogen) atoms. The van der Waals surface area contributed by atoms with E-state index < -0.39 is 0 Å². The van der Waals surface area contributed by atoms with Gasteiger partial charge in [-0.05, 0) is 24.7 Å². The predicted octanol–water partition coefficient (Wildman–Crippen LogP) is 0.530. The smallest absolute Gasteiger partial charge is 0.119 e. The van der Waals surface area contributed by atoms with Crippen LogP contribution in [0.1, 0.15) is 11.6 Å². The van der Waals surface area contributed by atoms with Crippen molar-refractivity contribution in [1.82, 2.24) is 10.3 Å². The van der Waals surface area contributed by atoms with Gasteiger partial charge >= 0.3 is 0 Å². The van der Waals surface area contributed by atoms with E-state index in [9.17, 15) is 0 Å². The number of nitrogens with zero attached hydrogens (tertiary/aromatic N) is 1. The second-order valence-corrected chi connectivity index (χ2v) is 4.59. The van der Waals surface area contributed by atoms with Crippen molar-refractivity contribution in [1.29, 1.82) is 0 Å². The van der Waals surface area contributed by atoms with Gasteiger partial charge in [0, 0.05) is 13.1 Å². The molecule has 0 saturated carbocycles. The Bertz CT molecular complexity index is 386. The van der Waals surface area contributed by atoms with Gasteiger partial charge < -0.3 is 14.4 Å². The number of likely N-dealkylation sites (N-methyl/N-ethyl adjacent to an activating group) is 1. The third kappa shape index (κ3) is 3.00. The molecule has 1 aliphatic rings. The lowest BCUT2D eigenvalue weighted by atomic mass is 10.0.